The summed E-state index contributed by atoms with van der Waals surface area (Å²) in [5, 5.41) is 0. The number of hydrogen-bond acceptors (Lipinski definition) is 1. The molecule has 3 aliphatic rings. The van der Waals surface area contributed by atoms with Gasteiger partial charge in [-0.05, 0) is 62.7 Å². The first kappa shape index (κ1) is 7.37. The Labute approximate surface area is 74.7 Å². The highest BCUT2D eigenvalue weighted by molar-refractivity contribution is 5.06. The van der Waals surface area contributed by atoms with Gasteiger partial charge in [0.05, 0.1) is 0 Å². The molecule has 1 heteroatoms. The van der Waals surface area contributed by atoms with Crippen molar-refractivity contribution in [2.45, 2.75) is 44.6 Å². The van der Waals surface area contributed by atoms with E-state index in [1.807, 2.05) is 0 Å². The van der Waals surface area contributed by atoms with E-state index in [2.05, 4.69) is 6.92 Å². The van der Waals surface area contributed by atoms with Crippen molar-refractivity contribution in [2.75, 3.05) is 0 Å². The second-order valence-electron chi connectivity index (χ2n) is 5.73. The Bertz CT molecular complexity index is 209. The van der Waals surface area contributed by atoms with Gasteiger partial charge in [0.15, 0.2) is 0 Å². The summed E-state index contributed by atoms with van der Waals surface area (Å²) < 4.78 is 0. The predicted octanol–water partition coefficient (Wildman–Crippen LogP) is 2.16. The van der Waals surface area contributed by atoms with Crippen molar-refractivity contribution in [1.29, 1.82) is 0 Å². The molecule has 0 aliphatic heterocycles. The fourth-order valence-corrected chi connectivity index (χ4v) is 4.01. The van der Waals surface area contributed by atoms with Gasteiger partial charge in [-0.25, -0.2) is 0 Å². The molecule has 0 aromatic carbocycles. The molecule has 12 heavy (non-hydrogen) atoms. The molecule has 68 valence electrons. The zero-order valence-electron chi connectivity index (χ0n) is 7.92. The van der Waals surface area contributed by atoms with E-state index in [0.717, 1.165) is 23.7 Å². The van der Waals surface area contributed by atoms with Crippen LogP contribution in [0.3, 0.4) is 0 Å². The maximum Gasteiger partial charge on any atom is 0.0128 e. The van der Waals surface area contributed by atoms with Gasteiger partial charge in [0.2, 0.25) is 0 Å². The molecule has 1 nitrogen and oxygen atoms in total. The fourth-order valence-electron chi connectivity index (χ4n) is 4.01. The van der Waals surface area contributed by atoms with Gasteiger partial charge in [0.25, 0.3) is 0 Å². The van der Waals surface area contributed by atoms with Crippen LogP contribution in [-0.4, -0.2) is 5.54 Å². The van der Waals surface area contributed by atoms with Gasteiger partial charge in [-0.2, -0.15) is 0 Å². The van der Waals surface area contributed by atoms with E-state index in [0.29, 0.717) is 0 Å². The van der Waals surface area contributed by atoms with Crippen molar-refractivity contribution in [3.8, 4) is 0 Å². The van der Waals surface area contributed by atoms with E-state index in [1.165, 1.54) is 32.1 Å². The molecule has 3 fully saturated rings. The molecular weight excluding hydrogens is 146 g/mol. The maximum absolute atomic E-state index is 6.25. The second-order valence-corrected chi connectivity index (χ2v) is 5.73. The summed E-state index contributed by atoms with van der Waals surface area (Å²) in [5.74, 6) is 4.36. The molecule has 0 radical (unpaired) electrons. The minimum atomic E-state index is 0.174. The highest BCUT2D eigenvalue weighted by atomic mass is 14.8. The Hall–Kier alpha value is -0.0400. The molecule has 5 unspecified atom stereocenters. The first-order valence-corrected chi connectivity index (χ1v) is 5.45. The summed E-state index contributed by atoms with van der Waals surface area (Å²) in [6, 6.07) is 0. The van der Waals surface area contributed by atoms with Crippen molar-refractivity contribution in [1.82, 2.24) is 0 Å². The predicted molar refractivity (Wildman–Crippen MR) is 49.6 cm³/mol. The third kappa shape index (κ3) is 0.834. The van der Waals surface area contributed by atoms with Crippen LogP contribution in [0.2, 0.25) is 0 Å². The first-order chi connectivity index (χ1) is 5.66. The quantitative estimate of drug-likeness (QED) is 0.585. The monoisotopic (exact) mass is 165 g/mol. The number of hydrogen-bond donors (Lipinski definition) is 1. The molecule has 3 rings (SSSR count). The molecule has 0 aromatic heterocycles. The van der Waals surface area contributed by atoms with Gasteiger partial charge in [-0.3, -0.25) is 0 Å². The number of rotatable bonds is 0. The van der Waals surface area contributed by atoms with E-state index in [-0.39, 0.29) is 5.54 Å². The van der Waals surface area contributed by atoms with Gasteiger partial charge < -0.3 is 5.73 Å². The van der Waals surface area contributed by atoms with E-state index in [1.54, 1.807) is 0 Å². The lowest BCUT2D eigenvalue weighted by Gasteiger charge is -2.58. The number of nitrogens with two attached hydrogens (primary N) is 1. The minimum Gasteiger partial charge on any atom is -0.325 e. The average molecular weight is 165 g/mol. The largest absolute Gasteiger partial charge is 0.325 e. The lowest BCUT2D eigenvalue weighted by atomic mass is 9.47. The van der Waals surface area contributed by atoms with Crippen molar-refractivity contribution in [2.24, 2.45) is 29.4 Å². The van der Waals surface area contributed by atoms with E-state index < -0.39 is 0 Å². The van der Waals surface area contributed by atoms with Crippen LogP contribution in [0.15, 0.2) is 0 Å². The second kappa shape index (κ2) is 2.06. The molecule has 0 heterocycles. The van der Waals surface area contributed by atoms with Crippen LogP contribution in [0.5, 0.6) is 0 Å². The van der Waals surface area contributed by atoms with Crippen molar-refractivity contribution in [3.63, 3.8) is 0 Å². The molecule has 0 aromatic rings. The Morgan fingerprint density at radius 3 is 2.67 bits per heavy atom. The molecule has 3 saturated carbocycles. The van der Waals surface area contributed by atoms with Crippen molar-refractivity contribution >= 4 is 0 Å². The fraction of sp³-hybridized carbons (Fsp3) is 1.00. The van der Waals surface area contributed by atoms with Gasteiger partial charge in [0, 0.05) is 5.54 Å². The molecule has 0 saturated heterocycles. The van der Waals surface area contributed by atoms with E-state index in [9.17, 15) is 0 Å². The topological polar surface area (TPSA) is 26.0 Å². The van der Waals surface area contributed by atoms with Gasteiger partial charge in [-0.15, -0.1) is 0 Å². The van der Waals surface area contributed by atoms with Crippen molar-refractivity contribution in [3.05, 3.63) is 0 Å². The lowest BCUT2D eigenvalue weighted by Crippen LogP contribution is -2.51. The Morgan fingerprint density at radius 1 is 1.17 bits per heavy atom. The van der Waals surface area contributed by atoms with Crippen LogP contribution in [0.1, 0.15) is 39.0 Å². The van der Waals surface area contributed by atoms with Gasteiger partial charge in [0.1, 0.15) is 0 Å². The van der Waals surface area contributed by atoms with Crippen LogP contribution in [0, 0.1) is 23.7 Å². The van der Waals surface area contributed by atoms with Crippen LogP contribution in [0.4, 0.5) is 0 Å². The molecule has 2 N–H and O–H groups in total. The Morgan fingerprint density at radius 2 is 1.92 bits per heavy atom. The third-order valence-electron chi connectivity index (χ3n) is 4.66. The Balaban J connectivity index is 1.80. The molecule has 5 atom stereocenters. The van der Waals surface area contributed by atoms with Crippen LogP contribution < -0.4 is 5.73 Å². The van der Waals surface area contributed by atoms with Crippen LogP contribution >= 0.6 is 0 Å². The van der Waals surface area contributed by atoms with E-state index in [4.69, 9.17) is 5.73 Å². The zero-order valence-corrected chi connectivity index (χ0v) is 7.92. The summed E-state index contributed by atoms with van der Waals surface area (Å²) in [4.78, 5) is 0. The summed E-state index contributed by atoms with van der Waals surface area (Å²) in [5.41, 5.74) is 6.42. The minimum absolute atomic E-state index is 0.174. The smallest absolute Gasteiger partial charge is 0.0128 e. The molecule has 3 aliphatic carbocycles. The average Bonchev–Trinajstić information content (AvgIpc) is 2.02. The summed E-state index contributed by atoms with van der Waals surface area (Å²) >= 11 is 0. The highest BCUT2D eigenvalue weighted by Crippen LogP contribution is 2.62. The Kier molecular flexibility index (Phi) is 1.27. The van der Waals surface area contributed by atoms with E-state index >= 15 is 0 Å². The SMILES string of the molecule is CC1(N)CCC2CC3CC(C1)C23. The third-order valence-corrected chi connectivity index (χ3v) is 4.66. The molecular formula is C11H19N. The van der Waals surface area contributed by atoms with Crippen LogP contribution in [-0.2, 0) is 0 Å². The van der Waals surface area contributed by atoms with Crippen LogP contribution in [0.25, 0.3) is 0 Å². The zero-order chi connectivity index (χ0) is 8.34. The van der Waals surface area contributed by atoms with Gasteiger partial charge >= 0.3 is 0 Å². The first-order valence-electron chi connectivity index (χ1n) is 5.45. The standard InChI is InChI=1S/C11H19N/c1-11(12)3-2-7-4-8-5-9(6-11)10(7)8/h7-10H,2-6,12H2,1H3. The van der Waals surface area contributed by atoms with Crippen molar-refractivity contribution < 1.29 is 0 Å². The lowest BCUT2D eigenvalue weighted by molar-refractivity contribution is -0.0873. The molecule has 0 bridgehead atoms. The molecule has 0 amide bonds. The summed E-state index contributed by atoms with van der Waals surface area (Å²) in [6.45, 7) is 2.26. The molecule has 0 spiro atoms. The maximum atomic E-state index is 6.25. The summed E-state index contributed by atoms with van der Waals surface area (Å²) in [6.07, 6.45) is 7.05. The van der Waals surface area contributed by atoms with Gasteiger partial charge in [-0.1, -0.05) is 0 Å². The highest BCUT2D eigenvalue weighted by Gasteiger charge is 2.55. The normalized spacial score (nSPS) is 62.5. The summed E-state index contributed by atoms with van der Waals surface area (Å²) in [7, 11) is 0.